The highest BCUT2D eigenvalue weighted by atomic mass is 19.4. The number of fused-ring (bicyclic) bond motifs is 1. The smallest absolute Gasteiger partial charge is 0.413 e. The molecular formula is C12H10F3NO2. The van der Waals surface area contributed by atoms with E-state index in [1.807, 2.05) is 0 Å². The maximum atomic E-state index is 12.8. The van der Waals surface area contributed by atoms with E-state index in [2.05, 4.69) is 5.32 Å². The van der Waals surface area contributed by atoms with E-state index in [0.29, 0.717) is 11.3 Å². The minimum absolute atomic E-state index is 0.294. The zero-order chi connectivity index (χ0) is 13.5. The molecular weight excluding hydrogens is 247 g/mol. The Kier molecular flexibility index (Phi) is 2.80. The van der Waals surface area contributed by atoms with Crippen LogP contribution in [0.25, 0.3) is 6.08 Å². The normalized spacial score (nSPS) is 18.7. The van der Waals surface area contributed by atoms with Gasteiger partial charge in [0.1, 0.15) is 0 Å². The maximum absolute atomic E-state index is 12.8. The second-order valence-corrected chi connectivity index (χ2v) is 4.06. The number of hydrogen-bond acceptors (Lipinski definition) is 2. The number of aryl methyl sites for hydroxylation is 1. The average molecular weight is 257 g/mol. The van der Waals surface area contributed by atoms with Crippen LogP contribution in [0.1, 0.15) is 11.1 Å². The molecule has 1 atom stereocenters. The molecule has 2 N–H and O–H groups in total. The van der Waals surface area contributed by atoms with Crippen molar-refractivity contribution >= 4 is 17.7 Å². The van der Waals surface area contributed by atoms with Crippen LogP contribution in [0.2, 0.25) is 0 Å². The molecule has 0 aromatic heterocycles. The summed E-state index contributed by atoms with van der Waals surface area (Å²) < 4.78 is 38.3. The van der Waals surface area contributed by atoms with E-state index in [1.54, 1.807) is 19.1 Å². The highest BCUT2D eigenvalue weighted by Gasteiger charge is 2.46. The number of aliphatic carboxylic acids is 1. The van der Waals surface area contributed by atoms with E-state index < -0.39 is 23.8 Å². The van der Waals surface area contributed by atoms with Crippen molar-refractivity contribution in [3.8, 4) is 0 Å². The van der Waals surface area contributed by atoms with Crippen LogP contribution in [0.15, 0.2) is 23.8 Å². The van der Waals surface area contributed by atoms with Gasteiger partial charge in [-0.05, 0) is 24.6 Å². The zero-order valence-corrected chi connectivity index (χ0v) is 9.38. The van der Waals surface area contributed by atoms with Gasteiger partial charge in [0, 0.05) is 11.3 Å². The quantitative estimate of drug-likeness (QED) is 0.813. The Morgan fingerprint density at radius 3 is 2.61 bits per heavy atom. The largest absolute Gasteiger partial charge is 0.478 e. The van der Waals surface area contributed by atoms with E-state index in [9.17, 15) is 18.0 Å². The van der Waals surface area contributed by atoms with Crippen LogP contribution < -0.4 is 5.32 Å². The molecule has 6 heteroatoms. The third-order valence-corrected chi connectivity index (χ3v) is 2.81. The van der Waals surface area contributed by atoms with Gasteiger partial charge in [-0.3, -0.25) is 0 Å². The second kappa shape index (κ2) is 4.04. The van der Waals surface area contributed by atoms with E-state index in [1.165, 1.54) is 6.07 Å². The molecule has 0 spiro atoms. The molecule has 3 nitrogen and oxygen atoms in total. The summed E-state index contributed by atoms with van der Waals surface area (Å²) in [7, 11) is 0. The number of hydrogen-bond donors (Lipinski definition) is 2. The summed E-state index contributed by atoms with van der Waals surface area (Å²) in [5, 5.41) is 11.1. The predicted octanol–water partition coefficient (Wildman–Crippen LogP) is 2.82. The van der Waals surface area contributed by atoms with Crippen molar-refractivity contribution in [3.63, 3.8) is 0 Å². The molecule has 0 amide bonds. The van der Waals surface area contributed by atoms with Crippen molar-refractivity contribution in [1.29, 1.82) is 0 Å². The Morgan fingerprint density at radius 2 is 2.06 bits per heavy atom. The first kappa shape index (κ1) is 12.5. The molecule has 1 aromatic rings. The molecule has 0 bridgehead atoms. The highest BCUT2D eigenvalue weighted by molar-refractivity contribution is 5.97. The van der Waals surface area contributed by atoms with Crippen molar-refractivity contribution < 1.29 is 23.1 Å². The van der Waals surface area contributed by atoms with Crippen molar-refractivity contribution in [2.45, 2.75) is 19.1 Å². The molecule has 0 radical (unpaired) electrons. The molecule has 18 heavy (non-hydrogen) atoms. The van der Waals surface area contributed by atoms with Gasteiger partial charge in [-0.2, -0.15) is 13.2 Å². The SMILES string of the molecule is Cc1cccc2c1C=C(C(=O)O)C(C(F)(F)F)N2. The third kappa shape index (κ3) is 2.05. The lowest BCUT2D eigenvalue weighted by Crippen LogP contribution is -2.42. The van der Waals surface area contributed by atoms with Gasteiger partial charge in [0.2, 0.25) is 0 Å². The first-order chi connectivity index (χ1) is 8.30. The molecule has 1 aromatic carbocycles. The number of nitrogens with one attached hydrogen (secondary N) is 1. The summed E-state index contributed by atoms with van der Waals surface area (Å²) in [5.74, 6) is -1.57. The summed E-state index contributed by atoms with van der Waals surface area (Å²) in [6.45, 7) is 1.71. The Morgan fingerprint density at radius 1 is 1.39 bits per heavy atom. The van der Waals surface area contributed by atoms with E-state index in [0.717, 1.165) is 11.6 Å². The number of carboxylic acids is 1. The van der Waals surface area contributed by atoms with Crippen LogP contribution in [0.4, 0.5) is 18.9 Å². The Hall–Kier alpha value is -1.98. The van der Waals surface area contributed by atoms with Gasteiger partial charge in [-0.1, -0.05) is 12.1 Å². The lowest BCUT2D eigenvalue weighted by Gasteiger charge is -2.28. The lowest BCUT2D eigenvalue weighted by atomic mass is 9.94. The van der Waals surface area contributed by atoms with Crippen LogP contribution in [0, 0.1) is 6.92 Å². The Bertz CT molecular complexity index is 535. The van der Waals surface area contributed by atoms with Gasteiger partial charge < -0.3 is 10.4 Å². The maximum Gasteiger partial charge on any atom is 0.413 e. The van der Waals surface area contributed by atoms with Gasteiger partial charge >= 0.3 is 12.1 Å². The average Bonchev–Trinajstić information content (AvgIpc) is 2.26. The predicted molar refractivity (Wildman–Crippen MR) is 60.3 cm³/mol. The van der Waals surface area contributed by atoms with Crippen molar-refractivity contribution in [1.82, 2.24) is 0 Å². The molecule has 1 aliphatic heterocycles. The molecule has 0 fully saturated rings. The second-order valence-electron chi connectivity index (χ2n) is 4.06. The van der Waals surface area contributed by atoms with Crippen LogP contribution in [-0.4, -0.2) is 23.3 Å². The number of benzene rings is 1. The number of rotatable bonds is 1. The summed E-state index contributed by atoms with van der Waals surface area (Å²) in [6.07, 6.45) is -3.56. The zero-order valence-electron chi connectivity index (χ0n) is 9.38. The monoisotopic (exact) mass is 257 g/mol. The van der Waals surface area contributed by atoms with E-state index >= 15 is 0 Å². The molecule has 0 saturated heterocycles. The van der Waals surface area contributed by atoms with Gasteiger partial charge in [-0.15, -0.1) is 0 Å². The molecule has 0 saturated carbocycles. The van der Waals surface area contributed by atoms with Gasteiger partial charge in [0.05, 0.1) is 5.57 Å². The fraction of sp³-hybridized carbons (Fsp3) is 0.250. The summed E-state index contributed by atoms with van der Waals surface area (Å²) in [4.78, 5) is 10.9. The van der Waals surface area contributed by atoms with E-state index in [4.69, 9.17) is 5.11 Å². The van der Waals surface area contributed by atoms with Gasteiger partial charge in [-0.25, -0.2) is 4.79 Å². The third-order valence-electron chi connectivity index (χ3n) is 2.81. The molecule has 1 aliphatic rings. The van der Waals surface area contributed by atoms with Gasteiger partial charge in [0.25, 0.3) is 0 Å². The van der Waals surface area contributed by atoms with Crippen LogP contribution >= 0.6 is 0 Å². The van der Waals surface area contributed by atoms with Crippen molar-refractivity contribution in [3.05, 3.63) is 34.9 Å². The molecule has 2 rings (SSSR count). The Labute approximate surface area is 101 Å². The van der Waals surface area contributed by atoms with Crippen LogP contribution in [0.3, 0.4) is 0 Å². The fourth-order valence-corrected chi connectivity index (χ4v) is 1.91. The number of carbonyl (C=O) groups is 1. The number of carboxylic acid groups (broad SMARTS) is 1. The summed E-state index contributed by atoms with van der Waals surface area (Å²) in [5.41, 5.74) is 0.807. The Balaban J connectivity index is 2.57. The minimum atomic E-state index is -4.65. The number of anilines is 1. The van der Waals surface area contributed by atoms with Gasteiger partial charge in [0.15, 0.2) is 6.04 Å². The molecule has 1 heterocycles. The summed E-state index contributed by atoms with van der Waals surface area (Å²) in [6, 6.07) is 2.65. The molecule has 1 unspecified atom stereocenters. The number of alkyl halides is 3. The van der Waals surface area contributed by atoms with Crippen molar-refractivity contribution in [2.75, 3.05) is 5.32 Å². The van der Waals surface area contributed by atoms with Crippen molar-refractivity contribution in [2.24, 2.45) is 0 Å². The number of halogens is 3. The first-order valence-electron chi connectivity index (χ1n) is 5.18. The minimum Gasteiger partial charge on any atom is -0.478 e. The molecule has 0 aliphatic carbocycles. The lowest BCUT2D eigenvalue weighted by molar-refractivity contribution is -0.146. The highest BCUT2D eigenvalue weighted by Crippen LogP contribution is 2.36. The van der Waals surface area contributed by atoms with Crippen LogP contribution in [0.5, 0.6) is 0 Å². The fourth-order valence-electron chi connectivity index (χ4n) is 1.91. The topological polar surface area (TPSA) is 49.3 Å². The first-order valence-corrected chi connectivity index (χ1v) is 5.18. The molecule has 96 valence electrons. The summed E-state index contributed by atoms with van der Waals surface area (Å²) >= 11 is 0. The van der Waals surface area contributed by atoms with E-state index in [-0.39, 0.29) is 0 Å². The standard InChI is InChI=1S/C12H10F3NO2/c1-6-3-2-4-9-7(6)5-8(11(17)18)10(16-9)12(13,14)15/h2-5,10,16H,1H3,(H,17,18). The van der Waals surface area contributed by atoms with Crippen LogP contribution in [-0.2, 0) is 4.79 Å².